The third-order valence-electron chi connectivity index (χ3n) is 2.49. The summed E-state index contributed by atoms with van der Waals surface area (Å²) < 4.78 is 1.94. The van der Waals surface area contributed by atoms with Crippen LogP contribution < -0.4 is 11.1 Å². The molecule has 5 nitrogen and oxygen atoms in total. The van der Waals surface area contributed by atoms with E-state index in [1.165, 1.54) is 11.3 Å². The number of carbonyl (C=O) groups is 1. The molecule has 0 aliphatic carbocycles. The Kier molecular flexibility index (Phi) is 3.78. The summed E-state index contributed by atoms with van der Waals surface area (Å²) in [5.74, 6) is -0.165. The van der Waals surface area contributed by atoms with Crippen molar-refractivity contribution in [2.24, 2.45) is 12.8 Å². The Bertz CT molecular complexity index is 544. The smallest absolute Gasteiger partial charge is 0.271 e. The molecule has 0 aliphatic rings. The first-order valence-corrected chi connectivity index (χ1v) is 6.54. The zero-order valence-corrected chi connectivity index (χ0v) is 11.2. The van der Waals surface area contributed by atoms with Crippen LogP contribution in [-0.2, 0) is 13.6 Å². The number of aromatic nitrogens is 2. The molecule has 0 saturated carbocycles. The topological polar surface area (TPSA) is 72.9 Å². The van der Waals surface area contributed by atoms with Gasteiger partial charge in [-0.3, -0.25) is 4.79 Å². The Morgan fingerprint density at radius 1 is 1.67 bits per heavy atom. The minimum absolute atomic E-state index is 0.134. The molecule has 1 unspecified atom stereocenters. The van der Waals surface area contributed by atoms with Crippen LogP contribution in [0.1, 0.15) is 34.0 Å². The number of aryl methyl sites for hydroxylation is 1. The summed E-state index contributed by atoms with van der Waals surface area (Å²) in [5.41, 5.74) is 7.21. The van der Waals surface area contributed by atoms with Crippen molar-refractivity contribution in [2.75, 3.05) is 0 Å². The number of nitrogens with zero attached hydrogens (tertiary/aromatic N) is 2. The van der Waals surface area contributed by atoms with Crippen LogP contribution in [0.4, 0.5) is 0 Å². The highest BCUT2D eigenvalue weighted by Crippen LogP contribution is 2.15. The molecule has 0 aliphatic heterocycles. The maximum Gasteiger partial charge on any atom is 0.271 e. The number of hydrogen-bond donors (Lipinski definition) is 2. The lowest BCUT2D eigenvalue weighted by Crippen LogP contribution is -2.23. The molecule has 0 saturated heterocycles. The van der Waals surface area contributed by atoms with Crippen molar-refractivity contribution in [3.05, 3.63) is 40.1 Å². The molecule has 0 radical (unpaired) electrons. The van der Waals surface area contributed by atoms with E-state index in [-0.39, 0.29) is 11.9 Å². The van der Waals surface area contributed by atoms with Gasteiger partial charge in [0.2, 0.25) is 0 Å². The molecule has 0 fully saturated rings. The van der Waals surface area contributed by atoms with Crippen molar-refractivity contribution >= 4 is 17.2 Å². The summed E-state index contributed by atoms with van der Waals surface area (Å²) in [5, 5.41) is 5.34. The quantitative estimate of drug-likeness (QED) is 0.877. The second-order valence-corrected chi connectivity index (χ2v) is 5.12. The predicted octanol–water partition coefficient (Wildman–Crippen LogP) is 1.43. The minimum Gasteiger partial charge on any atom is -0.357 e. The van der Waals surface area contributed by atoms with Gasteiger partial charge in [-0.15, -0.1) is 11.3 Å². The van der Waals surface area contributed by atoms with Crippen molar-refractivity contribution in [2.45, 2.75) is 19.5 Å². The summed E-state index contributed by atoms with van der Waals surface area (Å²) in [4.78, 5) is 16.0. The zero-order valence-electron chi connectivity index (χ0n) is 10.4. The molecule has 18 heavy (non-hydrogen) atoms. The SMILES string of the molecule is CC(N)c1nc(C(=O)NCc2ccn(C)c2)cs1. The van der Waals surface area contributed by atoms with Crippen LogP contribution in [0, 0.1) is 0 Å². The van der Waals surface area contributed by atoms with Gasteiger partial charge in [-0.2, -0.15) is 0 Å². The molecule has 2 aromatic heterocycles. The lowest BCUT2D eigenvalue weighted by atomic mass is 10.3. The fraction of sp³-hybridized carbons (Fsp3) is 0.333. The van der Waals surface area contributed by atoms with Crippen molar-refractivity contribution in [3.8, 4) is 0 Å². The van der Waals surface area contributed by atoms with Gasteiger partial charge in [-0.1, -0.05) is 0 Å². The third-order valence-corrected chi connectivity index (χ3v) is 3.54. The number of nitrogens with one attached hydrogen (secondary N) is 1. The normalized spacial score (nSPS) is 12.4. The van der Waals surface area contributed by atoms with Crippen molar-refractivity contribution in [3.63, 3.8) is 0 Å². The second kappa shape index (κ2) is 5.32. The largest absolute Gasteiger partial charge is 0.357 e. The Hall–Kier alpha value is -1.66. The highest BCUT2D eigenvalue weighted by atomic mass is 32.1. The van der Waals surface area contributed by atoms with E-state index in [1.807, 2.05) is 37.0 Å². The van der Waals surface area contributed by atoms with E-state index in [0.717, 1.165) is 10.6 Å². The van der Waals surface area contributed by atoms with E-state index >= 15 is 0 Å². The van der Waals surface area contributed by atoms with E-state index in [4.69, 9.17) is 5.73 Å². The van der Waals surface area contributed by atoms with Gasteiger partial charge in [0.25, 0.3) is 5.91 Å². The zero-order chi connectivity index (χ0) is 13.1. The van der Waals surface area contributed by atoms with Crippen molar-refractivity contribution in [1.29, 1.82) is 0 Å². The van der Waals surface area contributed by atoms with E-state index in [2.05, 4.69) is 10.3 Å². The molecule has 1 amide bonds. The first-order chi connectivity index (χ1) is 8.56. The fourth-order valence-electron chi connectivity index (χ4n) is 1.54. The van der Waals surface area contributed by atoms with Crippen LogP contribution in [-0.4, -0.2) is 15.5 Å². The second-order valence-electron chi connectivity index (χ2n) is 4.23. The number of hydrogen-bond acceptors (Lipinski definition) is 4. The molecular weight excluding hydrogens is 248 g/mol. The van der Waals surface area contributed by atoms with Crippen LogP contribution in [0.2, 0.25) is 0 Å². The first kappa shape index (κ1) is 12.8. The minimum atomic E-state index is -0.165. The molecule has 2 aromatic rings. The summed E-state index contributed by atoms with van der Waals surface area (Å²) in [7, 11) is 1.95. The maximum absolute atomic E-state index is 11.8. The average molecular weight is 264 g/mol. The van der Waals surface area contributed by atoms with Gasteiger partial charge >= 0.3 is 0 Å². The highest BCUT2D eigenvalue weighted by Gasteiger charge is 2.12. The standard InChI is InChI=1S/C12H16N4OS/c1-8(13)12-15-10(7-18-12)11(17)14-5-9-3-4-16(2)6-9/h3-4,6-8H,5,13H2,1-2H3,(H,14,17). The Labute approximate surface area is 110 Å². The summed E-state index contributed by atoms with van der Waals surface area (Å²) in [6.07, 6.45) is 3.91. The van der Waals surface area contributed by atoms with E-state index in [0.29, 0.717) is 12.2 Å². The van der Waals surface area contributed by atoms with Gasteiger partial charge < -0.3 is 15.6 Å². The summed E-state index contributed by atoms with van der Waals surface area (Å²) in [6.45, 7) is 2.36. The van der Waals surface area contributed by atoms with Crippen molar-refractivity contribution in [1.82, 2.24) is 14.9 Å². The molecule has 3 N–H and O–H groups in total. The van der Waals surface area contributed by atoms with Gasteiger partial charge in [0, 0.05) is 31.4 Å². The van der Waals surface area contributed by atoms with E-state index in [1.54, 1.807) is 5.38 Å². The van der Waals surface area contributed by atoms with Gasteiger partial charge in [0.15, 0.2) is 0 Å². The molecule has 2 heterocycles. The number of nitrogens with two attached hydrogens (primary N) is 1. The molecule has 0 bridgehead atoms. The van der Waals surface area contributed by atoms with Gasteiger partial charge in [0.1, 0.15) is 10.7 Å². The molecular formula is C12H16N4OS. The monoisotopic (exact) mass is 264 g/mol. The van der Waals surface area contributed by atoms with Crippen LogP contribution in [0.5, 0.6) is 0 Å². The predicted molar refractivity (Wildman–Crippen MR) is 71.3 cm³/mol. The Morgan fingerprint density at radius 2 is 2.44 bits per heavy atom. The van der Waals surface area contributed by atoms with Crippen LogP contribution in [0.15, 0.2) is 23.8 Å². The van der Waals surface area contributed by atoms with Crippen molar-refractivity contribution < 1.29 is 4.79 Å². The highest BCUT2D eigenvalue weighted by molar-refractivity contribution is 7.09. The van der Waals surface area contributed by atoms with E-state index in [9.17, 15) is 4.79 Å². The third kappa shape index (κ3) is 2.96. The van der Waals surface area contributed by atoms with Crippen LogP contribution in [0.3, 0.4) is 0 Å². The first-order valence-electron chi connectivity index (χ1n) is 5.66. The molecule has 0 spiro atoms. The molecule has 0 aromatic carbocycles. The average Bonchev–Trinajstić information content (AvgIpc) is 2.94. The number of rotatable bonds is 4. The number of carbonyl (C=O) groups excluding carboxylic acids is 1. The van der Waals surface area contributed by atoms with Crippen LogP contribution >= 0.6 is 11.3 Å². The molecule has 2 rings (SSSR count). The molecule has 96 valence electrons. The van der Waals surface area contributed by atoms with Gasteiger partial charge in [-0.05, 0) is 18.6 Å². The Balaban J connectivity index is 1.95. The maximum atomic E-state index is 11.8. The fourth-order valence-corrected chi connectivity index (χ4v) is 2.30. The number of amides is 1. The van der Waals surface area contributed by atoms with Crippen LogP contribution in [0.25, 0.3) is 0 Å². The molecule has 1 atom stereocenters. The van der Waals surface area contributed by atoms with E-state index < -0.39 is 0 Å². The summed E-state index contributed by atoms with van der Waals surface area (Å²) in [6, 6.07) is 1.83. The number of thiazole rings is 1. The summed E-state index contributed by atoms with van der Waals surface area (Å²) >= 11 is 1.41. The Morgan fingerprint density at radius 3 is 3.00 bits per heavy atom. The lowest BCUT2D eigenvalue weighted by Gasteiger charge is -2.01. The van der Waals surface area contributed by atoms with Gasteiger partial charge in [0.05, 0.1) is 6.04 Å². The lowest BCUT2D eigenvalue weighted by molar-refractivity contribution is 0.0946. The molecule has 6 heteroatoms. The van der Waals surface area contributed by atoms with Gasteiger partial charge in [-0.25, -0.2) is 4.98 Å².